The number of rotatable bonds is 1. The lowest BCUT2D eigenvalue weighted by Gasteiger charge is -2.35. The molecule has 1 rings (SSSR count). The van der Waals surface area contributed by atoms with Crippen molar-refractivity contribution >= 4 is 0 Å². The lowest BCUT2D eigenvalue weighted by Crippen LogP contribution is -2.39. The zero-order valence-corrected chi connectivity index (χ0v) is 7.43. The first-order valence-electron chi connectivity index (χ1n) is 4.48. The van der Waals surface area contributed by atoms with Crippen LogP contribution >= 0.6 is 0 Å². The number of hydrogen-bond acceptors (Lipinski definition) is 1. The molecule has 1 saturated heterocycles. The summed E-state index contributed by atoms with van der Waals surface area (Å²) in [5.41, 5.74) is 0. The van der Waals surface area contributed by atoms with Gasteiger partial charge in [0.15, 0.2) is 0 Å². The van der Waals surface area contributed by atoms with E-state index in [0.717, 1.165) is 12.0 Å². The molecule has 0 radical (unpaired) electrons. The predicted octanol–water partition coefficient (Wildman–Crippen LogP) is 2.13. The molecule has 0 aromatic carbocycles. The van der Waals surface area contributed by atoms with Crippen LogP contribution in [0.2, 0.25) is 0 Å². The van der Waals surface area contributed by atoms with Crippen LogP contribution in [0.15, 0.2) is 0 Å². The van der Waals surface area contributed by atoms with Gasteiger partial charge in [-0.1, -0.05) is 13.8 Å². The second-order valence-electron chi connectivity index (χ2n) is 3.61. The van der Waals surface area contributed by atoms with Crippen LogP contribution in [-0.2, 0) is 0 Å². The van der Waals surface area contributed by atoms with E-state index >= 15 is 0 Å². The average Bonchev–Trinajstić information content (AvgIpc) is 1.88. The number of piperidine rings is 1. The molecule has 0 bridgehead atoms. The molecule has 0 aromatic heterocycles. The Morgan fingerprint density at radius 2 is 2.10 bits per heavy atom. The van der Waals surface area contributed by atoms with Gasteiger partial charge in [-0.25, -0.2) is 0 Å². The van der Waals surface area contributed by atoms with Gasteiger partial charge in [-0.3, -0.25) is 0 Å². The van der Waals surface area contributed by atoms with Gasteiger partial charge in [0.25, 0.3) is 0 Å². The fraction of sp³-hybridized carbons (Fsp3) is 1.00. The summed E-state index contributed by atoms with van der Waals surface area (Å²) in [7, 11) is 0. The molecular weight excluding hydrogens is 122 g/mol. The molecule has 1 heteroatoms. The second-order valence-corrected chi connectivity index (χ2v) is 3.61. The van der Waals surface area contributed by atoms with Gasteiger partial charge in [-0.2, -0.15) is 0 Å². The largest absolute Gasteiger partial charge is 0.301 e. The smallest absolute Gasteiger partial charge is 0.00693 e. The van der Waals surface area contributed by atoms with E-state index in [1.807, 2.05) is 0 Å². The Morgan fingerprint density at radius 1 is 1.40 bits per heavy atom. The fourth-order valence-electron chi connectivity index (χ4n) is 1.93. The van der Waals surface area contributed by atoms with Crippen molar-refractivity contribution in [2.24, 2.45) is 5.92 Å². The van der Waals surface area contributed by atoms with Crippen molar-refractivity contribution in [2.75, 3.05) is 13.1 Å². The van der Waals surface area contributed by atoms with Gasteiger partial charge in [0, 0.05) is 6.04 Å². The van der Waals surface area contributed by atoms with Gasteiger partial charge in [0.2, 0.25) is 0 Å². The molecule has 1 nitrogen and oxygen atoms in total. The van der Waals surface area contributed by atoms with E-state index < -0.39 is 0 Å². The number of likely N-dealkylation sites (tertiary alicyclic amines) is 1. The molecule has 0 spiro atoms. The van der Waals surface area contributed by atoms with Crippen LogP contribution in [0.3, 0.4) is 0 Å². The van der Waals surface area contributed by atoms with E-state index in [2.05, 4.69) is 25.7 Å². The highest BCUT2D eigenvalue weighted by Gasteiger charge is 2.20. The molecule has 0 amide bonds. The lowest BCUT2D eigenvalue weighted by atomic mass is 9.93. The van der Waals surface area contributed by atoms with E-state index in [1.54, 1.807) is 0 Å². The first-order chi connectivity index (χ1) is 4.74. The molecular formula is C9H19N. The van der Waals surface area contributed by atoms with E-state index in [-0.39, 0.29) is 0 Å². The van der Waals surface area contributed by atoms with Crippen molar-refractivity contribution in [2.45, 2.75) is 39.7 Å². The zero-order chi connectivity index (χ0) is 7.56. The molecule has 60 valence electrons. The van der Waals surface area contributed by atoms with Crippen LogP contribution in [0.1, 0.15) is 33.6 Å². The summed E-state index contributed by atoms with van der Waals surface area (Å²) >= 11 is 0. The standard InChI is InChI=1S/C9H19N/c1-4-10-6-5-8(2)7-9(10)3/h8-9H,4-7H2,1-3H3/t8?,9-/m0/s1. The quantitative estimate of drug-likeness (QED) is 0.540. The first-order valence-corrected chi connectivity index (χ1v) is 4.48. The van der Waals surface area contributed by atoms with Crippen molar-refractivity contribution < 1.29 is 0 Å². The van der Waals surface area contributed by atoms with Crippen molar-refractivity contribution in [3.05, 3.63) is 0 Å². The topological polar surface area (TPSA) is 3.24 Å². The van der Waals surface area contributed by atoms with Crippen LogP contribution in [0.5, 0.6) is 0 Å². The second kappa shape index (κ2) is 3.38. The van der Waals surface area contributed by atoms with Gasteiger partial charge in [0.05, 0.1) is 0 Å². The molecule has 2 atom stereocenters. The maximum atomic E-state index is 2.57. The molecule has 0 aromatic rings. The van der Waals surface area contributed by atoms with E-state index in [4.69, 9.17) is 0 Å². The Labute approximate surface area is 64.4 Å². The van der Waals surface area contributed by atoms with Crippen LogP contribution in [0, 0.1) is 5.92 Å². The van der Waals surface area contributed by atoms with Gasteiger partial charge >= 0.3 is 0 Å². The van der Waals surface area contributed by atoms with Crippen LogP contribution < -0.4 is 0 Å². The van der Waals surface area contributed by atoms with E-state index in [1.165, 1.54) is 25.9 Å². The third-order valence-corrected chi connectivity index (χ3v) is 2.68. The third-order valence-electron chi connectivity index (χ3n) is 2.68. The van der Waals surface area contributed by atoms with E-state index in [0.29, 0.717) is 0 Å². The van der Waals surface area contributed by atoms with Crippen molar-refractivity contribution in [1.29, 1.82) is 0 Å². The average molecular weight is 141 g/mol. The monoisotopic (exact) mass is 141 g/mol. The normalized spacial score (nSPS) is 36.3. The first kappa shape index (κ1) is 8.06. The van der Waals surface area contributed by atoms with Crippen LogP contribution in [-0.4, -0.2) is 24.0 Å². The minimum absolute atomic E-state index is 0.828. The summed E-state index contributed by atoms with van der Waals surface area (Å²) in [4.78, 5) is 2.57. The van der Waals surface area contributed by atoms with E-state index in [9.17, 15) is 0 Å². The fourth-order valence-corrected chi connectivity index (χ4v) is 1.93. The third kappa shape index (κ3) is 1.72. The molecule has 0 aliphatic carbocycles. The summed E-state index contributed by atoms with van der Waals surface area (Å²) in [6.45, 7) is 9.52. The molecule has 1 fully saturated rings. The molecule has 10 heavy (non-hydrogen) atoms. The Morgan fingerprint density at radius 3 is 2.60 bits per heavy atom. The number of hydrogen-bond donors (Lipinski definition) is 0. The Balaban J connectivity index is 2.36. The minimum Gasteiger partial charge on any atom is -0.301 e. The molecule has 0 N–H and O–H groups in total. The van der Waals surface area contributed by atoms with Crippen molar-refractivity contribution in [3.8, 4) is 0 Å². The highest BCUT2D eigenvalue weighted by atomic mass is 15.1. The van der Waals surface area contributed by atoms with Crippen LogP contribution in [0.4, 0.5) is 0 Å². The summed E-state index contributed by atoms with van der Waals surface area (Å²) in [5.74, 6) is 0.956. The molecule has 0 saturated carbocycles. The molecule has 1 unspecified atom stereocenters. The van der Waals surface area contributed by atoms with Gasteiger partial charge in [-0.05, 0) is 38.8 Å². The van der Waals surface area contributed by atoms with Gasteiger partial charge in [0.1, 0.15) is 0 Å². The SMILES string of the molecule is CCN1CCC(C)C[C@@H]1C. The summed E-state index contributed by atoms with van der Waals surface area (Å²) < 4.78 is 0. The summed E-state index contributed by atoms with van der Waals surface area (Å²) in [6.07, 6.45) is 2.80. The molecule has 1 aliphatic heterocycles. The van der Waals surface area contributed by atoms with Gasteiger partial charge in [-0.15, -0.1) is 0 Å². The Hall–Kier alpha value is -0.0400. The highest BCUT2D eigenvalue weighted by Crippen LogP contribution is 2.21. The maximum Gasteiger partial charge on any atom is 0.00693 e. The predicted molar refractivity (Wildman–Crippen MR) is 45.1 cm³/mol. The van der Waals surface area contributed by atoms with Gasteiger partial charge < -0.3 is 4.90 Å². The Kier molecular flexibility index (Phi) is 2.72. The zero-order valence-electron chi connectivity index (χ0n) is 7.43. The molecule has 1 heterocycles. The summed E-state index contributed by atoms with van der Waals surface area (Å²) in [6, 6.07) is 0.828. The van der Waals surface area contributed by atoms with Crippen molar-refractivity contribution in [1.82, 2.24) is 4.90 Å². The Bertz CT molecular complexity index is 101. The number of nitrogens with zero attached hydrogens (tertiary/aromatic N) is 1. The minimum atomic E-state index is 0.828. The highest BCUT2D eigenvalue weighted by molar-refractivity contribution is 4.75. The van der Waals surface area contributed by atoms with Crippen molar-refractivity contribution in [3.63, 3.8) is 0 Å². The maximum absolute atomic E-state index is 2.57. The lowest BCUT2D eigenvalue weighted by molar-refractivity contribution is 0.136. The van der Waals surface area contributed by atoms with Crippen LogP contribution in [0.25, 0.3) is 0 Å². The molecule has 1 aliphatic rings. The summed E-state index contributed by atoms with van der Waals surface area (Å²) in [5, 5.41) is 0.